The highest BCUT2D eigenvalue weighted by Crippen LogP contribution is 2.15. The maximum Gasteiger partial charge on any atom is 0.266 e. The van der Waals surface area contributed by atoms with E-state index < -0.39 is 5.91 Å². The molecule has 98 valence electrons. The molecule has 0 unspecified atom stereocenters. The summed E-state index contributed by atoms with van der Waals surface area (Å²) < 4.78 is 0.895. The van der Waals surface area contributed by atoms with E-state index in [9.17, 15) is 4.79 Å². The Balaban J connectivity index is 2.20. The van der Waals surface area contributed by atoms with Crippen LogP contribution in [0.2, 0.25) is 0 Å². The quantitative estimate of drug-likeness (QED) is 0.684. The summed E-state index contributed by atoms with van der Waals surface area (Å²) in [6.45, 7) is 0. The van der Waals surface area contributed by atoms with Gasteiger partial charge in [0.1, 0.15) is 11.6 Å². The number of amides is 1. The molecule has 0 aliphatic heterocycles. The first-order valence-electron chi connectivity index (χ1n) is 5.93. The Kier molecular flexibility index (Phi) is 4.70. The third kappa shape index (κ3) is 3.81. The van der Waals surface area contributed by atoms with Crippen molar-refractivity contribution in [3.05, 3.63) is 70.2 Å². The highest BCUT2D eigenvalue weighted by Gasteiger charge is 2.09. The van der Waals surface area contributed by atoms with Crippen LogP contribution >= 0.6 is 15.9 Å². The lowest BCUT2D eigenvalue weighted by atomic mass is 10.1. The van der Waals surface area contributed by atoms with E-state index in [-0.39, 0.29) is 5.57 Å². The number of halogens is 1. The highest BCUT2D eigenvalue weighted by atomic mass is 79.9. The lowest BCUT2D eigenvalue weighted by molar-refractivity contribution is -0.112. The average molecular weight is 327 g/mol. The topological polar surface area (TPSA) is 52.9 Å². The number of anilines is 1. The summed E-state index contributed by atoms with van der Waals surface area (Å²) in [7, 11) is 0. The lowest BCUT2D eigenvalue weighted by Gasteiger charge is -2.03. The molecule has 1 N–H and O–H groups in total. The van der Waals surface area contributed by atoms with Crippen LogP contribution in [0.5, 0.6) is 0 Å². The number of rotatable bonds is 3. The Labute approximate surface area is 125 Å². The molecule has 0 saturated carbocycles. The fraction of sp³-hybridized carbons (Fsp3) is 0. The van der Waals surface area contributed by atoms with Crippen molar-refractivity contribution < 1.29 is 4.79 Å². The third-order valence-corrected chi connectivity index (χ3v) is 3.05. The molecule has 2 aromatic carbocycles. The van der Waals surface area contributed by atoms with Gasteiger partial charge in [0, 0.05) is 10.2 Å². The largest absolute Gasteiger partial charge is 0.321 e. The van der Waals surface area contributed by atoms with E-state index in [2.05, 4.69) is 21.2 Å². The SMILES string of the molecule is N#C/C(=C\c1cccc(Br)c1)C(=O)Nc1ccccc1. The zero-order chi connectivity index (χ0) is 14.4. The van der Waals surface area contributed by atoms with E-state index >= 15 is 0 Å². The molecule has 2 aromatic rings. The van der Waals surface area contributed by atoms with Gasteiger partial charge in [0.05, 0.1) is 0 Å². The number of para-hydroxylation sites is 1. The van der Waals surface area contributed by atoms with Crippen LogP contribution in [0.1, 0.15) is 5.56 Å². The van der Waals surface area contributed by atoms with E-state index in [0.717, 1.165) is 10.0 Å². The Hall–Kier alpha value is -2.38. The van der Waals surface area contributed by atoms with Gasteiger partial charge in [-0.2, -0.15) is 5.26 Å². The zero-order valence-electron chi connectivity index (χ0n) is 10.5. The number of hydrogen-bond donors (Lipinski definition) is 1. The van der Waals surface area contributed by atoms with Crippen LogP contribution in [-0.4, -0.2) is 5.91 Å². The number of nitrogens with zero attached hydrogens (tertiary/aromatic N) is 1. The van der Waals surface area contributed by atoms with Gasteiger partial charge in [0.15, 0.2) is 0 Å². The molecule has 0 atom stereocenters. The van der Waals surface area contributed by atoms with Gasteiger partial charge in [0.25, 0.3) is 5.91 Å². The summed E-state index contributed by atoms with van der Waals surface area (Å²) in [5, 5.41) is 11.8. The van der Waals surface area contributed by atoms with Crippen LogP contribution in [0.25, 0.3) is 6.08 Å². The Morgan fingerprint density at radius 2 is 1.90 bits per heavy atom. The molecule has 1 amide bonds. The smallest absolute Gasteiger partial charge is 0.266 e. The summed E-state index contributed by atoms with van der Waals surface area (Å²) in [4.78, 5) is 12.0. The van der Waals surface area contributed by atoms with Gasteiger partial charge in [-0.05, 0) is 35.9 Å². The minimum absolute atomic E-state index is 0.0620. The fourth-order valence-electron chi connectivity index (χ4n) is 1.63. The van der Waals surface area contributed by atoms with Crippen LogP contribution in [0.15, 0.2) is 64.6 Å². The second kappa shape index (κ2) is 6.69. The maximum atomic E-state index is 12.0. The number of benzene rings is 2. The van der Waals surface area contributed by atoms with Gasteiger partial charge in [-0.1, -0.05) is 46.3 Å². The molecule has 2 rings (SSSR count). The van der Waals surface area contributed by atoms with Crippen LogP contribution in [0.3, 0.4) is 0 Å². The first-order chi connectivity index (χ1) is 9.69. The standard InChI is InChI=1S/C16H11BrN2O/c17-14-6-4-5-12(10-14)9-13(11-18)16(20)19-15-7-2-1-3-8-15/h1-10H,(H,19,20)/b13-9+. The minimum Gasteiger partial charge on any atom is -0.321 e. The maximum absolute atomic E-state index is 12.0. The molecular formula is C16H11BrN2O. The lowest BCUT2D eigenvalue weighted by Crippen LogP contribution is -2.13. The predicted molar refractivity (Wildman–Crippen MR) is 82.8 cm³/mol. The molecular weight excluding hydrogens is 316 g/mol. The number of carbonyl (C=O) groups is 1. The average Bonchev–Trinajstić information content (AvgIpc) is 2.46. The third-order valence-electron chi connectivity index (χ3n) is 2.56. The van der Waals surface area contributed by atoms with Crippen molar-refractivity contribution in [3.8, 4) is 6.07 Å². The van der Waals surface area contributed by atoms with Crippen molar-refractivity contribution in [2.24, 2.45) is 0 Å². The second-order valence-corrected chi connectivity index (χ2v) is 4.96. The van der Waals surface area contributed by atoms with Gasteiger partial charge in [-0.25, -0.2) is 0 Å². The van der Waals surface area contributed by atoms with Gasteiger partial charge in [-0.15, -0.1) is 0 Å². The summed E-state index contributed by atoms with van der Waals surface area (Å²) >= 11 is 3.35. The summed E-state index contributed by atoms with van der Waals surface area (Å²) in [5.74, 6) is -0.418. The second-order valence-electron chi connectivity index (χ2n) is 4.04. The predicted octanol–water partition coefficient (Wildman–Crippen LogP) is 3.99. The number of nitrogens with one attached hydrogen (secondary N) is 1. The molecule has 0 radical (unpaired) electrons. The van der Waals surface area contributed by atoms with Crippen molar-refractivity contribution in [1.82, 2.24) is 0 Å². The molecule has 0 saturated heterocycles. The first-order valence-corrected chi connectivity index (χ1v) is 6.72. The fourth-order valence-corrected chi connectivity index (χ4v) is 2.05. The Morgan fingerprint density at radius 1 is 1.15 bits per heavy atom. The molecule has 0 bridgehead atoms. The van der Waals surface area contributed by atoms with E-state index in [1.165, 1.54) is 0 Å². The van der Waals surface area contributed by atoms with Crippen molar-refractivity contribution in [3.63, 3.8) is 0 Å². The van der Waals surface area contributed by atoms with Crippen molar-refractivity contribution >= 4 is 33.6 Å². The van der Waals surface area contributed by atoms with Gasteiger partial charge < -0.3 is 5.32 Å². The van der Waals surface area contributed by atoms with Gasteiger partial charge in [-0.3, -0.25) is 4.79 Å². The van der Waals surface area contributed by atoms with Crippen LogP contribution < -0.4 is 5.32 Å². The number of carbonyl (C=O) groups excluding carboxylic acids is 1. The summed E-state index contributed by atoms with van der Waals surface area (Å²) in [6, 6.07) is 18.4. The van der Waals surface area contributed by atoms with Crippen LogP contribution in [0, 0.1) is 11.3 Å². The van der Waals surface area contributed by atoms with E-state index in [1.807, 2.05) is 48.5 Å². The van der Waals surface area contributed by atoms with Gasteiger partial charge >= 0.3 is 0 Å². The van der Waals surface area contributed by atoms with Crippen molar-refractivity contribution in [2.75, 3.05) is 5.32 Å². The molecule has 0 aromatic heterocycles. The summed E-state index contributed by atoms with van der Waals surface area (Å²) in [6.07, 6.45) is 1.56. The Bertz CT molecular complexity index is 687. The molecule has 0 aliphatic rings. The molecule has 20 heavy (non-hydrogen) atoms. The molecule has 3 nitrogen and oxygen atoms in total. The van der Waals surface area contributed by atoms with E-state index in [1.54, 1.807) is 18.2 Å². The first kappa shape index (κ1) is 14.0. The highest BCUT2D eigenvalue weighted by molar-refractivity contribution is 9.10. The summed E-state index contributed by atoms with van der Waals surface area (Å²) in [5.41, 5.74) is 1.51. The zero-order valence-corrected chi connectivity index (χ0v) is 12.1. The van der Waals surface area contributed by atoms with E-state index in [0.29, 0.717) is 5.69 Å². The van der Waals surface area contributed by atoms with Crippen LogP contribution in [0.4, 0.5) is 5.69 Å². The van der Waals surface area contributed by atoms with Crippen molar-refractivity contribution in [1.29, 1.82) is 5.26 Å². The van der Waals surface area contributed by atoms with E-state index in [4.69, 9.17) is 5.26 Å². The molecule has 0 heterocycles. The van der Waals surface area contributed by atoms with Gasteiger partial charge in [0.2, 0.25) is 0 Å². The monoisotopic (exact) mass is 326 g/mol. The minimum atomic E-state index is -0.418. The number of hydrogen-bond acceptors (Lipinski definition) is 2. The number of nitriles is 1. The van der Waals surface area contributed by atoms with Crippen molar-refractivity contribution in [2.45, 2.75) is 0 Å². The normalized spacial score (nSPS) is 10.7. The van der Waals surface area contributed by atoms with Crippen LogP contribution in [-0.2, 0) is 4.79 Å². The molecule has 0 aliphatic carbocycles. The molecule has 0 spiro atoms. The Morgan fingerprint density at radius 3 is 2.55 bits per heavy atom. The molecule has 4 heteroatoms. The molecule has 0 fully saturated rings.